The Bertz CT molecular complexity index is 733. The van der Waals surface area contributed by atoms with Crippen molar-refractivity contribution in [3.8, 4) is 11.3 Å². The lowest BCUT2D eigenvalue weighted by molar-refractivity contribution is -0.115. The third-order valence-electron chi connectivity index (χ3n) is 2.90. The van der Waals surface area contributed by atoms with Crippen LogP contribution in [-0.2, 0) is 11.2 Å². The first-order valence-electron chi connectivity index (χ1n) is 6.34. The Kier molecular flexibility index (Phi) is 3.98. The van der Waals surface area contributed by atoms with Crippen LogP contribution in [0, 0.1) is 0 Å². The molecule has 4 nitrogen and oxygen atoms in total. The van der Waals surface area contributed by atoms with Gasteiger partial charge in [-0.25, -0.2) is 4.98 Å². The topological polar surface area (TPSA) is 68.0 Å². The second-order valence-electron chi connectivity index (χ2n) is 4.45. The lowest BCUT2D eigenvalue weighted by Gasteiger charge is -2.05. The first-order valence-corrected chi connectivity index (χ1v) is 8.10. The van der Waals surface area contributed by atoms with E-state index in [4.69, 9.17) is 5.73 Å². The van der Waals surface area contributed by atoms with Crippen molar-refractivity contribution in [1.82, 2.24) is 4.98 Å². The number of nitrogen functional groups attached to an aromatic ring is 1. The molecule has 0 aliphatic carbocycles. The molecule has 0 saturated carbocycles. The zero-order valence-corrected chi connectivity index (χ0v) is 12.7. The molecule has 0 atom stereocenters. The molecule has 0 spiro atoms. The van der Waals surface area contributed by atoms with Gasteiger partial charge < -0.3 is 11.1 Å². The van der Waals surface area contributed by atoms with Crippen molar-refractivity contribution in [3.63, 3.8) is 0 Å². The second kappa shape index (κ2) is 6.07. The number of thiophene rings is 1. The number of nitrogens with two attached hydrogens (primary N) is 1. The summed E-state index contributed by atoms with van der Waals surface area (Å²) in [6.45, 7) is 0. The molecule has 21 heavy (non-hydrogen) atoms. The fourth-order valence-corrected chi connectivity index (χ4v) is 3.20. The van der Waals surface area contributed by atoms with Gasteiger partial charge in [0.1, 0.15) is 0 Å². The van der Waals surface area contributed by atoms with Gasteiger partial charge in [0.25, 0.3) is 0 Å². The fourth-order valence-electron chi connectivity index (χ4n) is 1.92. The van der Waals surface area contributed by atoms with E-state index >= 15 is 0 Å². The van der Waals surface area contributed by atoms with E-state index in [1.54, 1.807) is 11.3 Å². The van der Waals surface area contributed by atoms with Gasteiger partial charge in [0, 0.05) is 21.5 Å². The number of amides is 1. The van der Waals surface area contributed by atoms with Crippen LogP contribution in [0.15, 0.2) is 47.2 Å². The molecule has 1 amide bonds. The predicted molar refractivity (Wildman–Crippen MR) is 88.6 cm³/mol. The molecular formula is C15H13N3OS2. The smallest absolute Gasteiger partial charge is 0.229 e. The maximum absolute atomic E-state index is 11.9. The standard InChI is InChI=1S/C15H13N3OS2/c16-15-18-13(9-21-15)10-3-5-11(6-4-10)17-14(19)8-12-2-1-7-20-12/h1-7,9H,8H2,(H2,16,18)(H,17,19). The summed E-state index contributed by atoms with van der Waals surface area (Å²) >= 11 is 3.00. The number of thiazole rings is 1. The van der Waals surface area contributed by atoms with E-state index in [-0.39, 0.29) is 5.91 Å². The van der Waals surface area contributed by atoms with Crippen molar-refractivity contribution in [3.05, 3.63) is 52.0 Å². The zero-order valence-electron chi connectivity index (χ0n) is 11.1. The van der Waals surface area contributed by atoms with Crippen LogP contribution < -0.4 is 11.1 Å². The monoisotopic (exact) mass is 315 g/mol. The predicted octanol–water partition coefficient (Wildman–Crippen LogP) is 3.64. The molecule has 3 N–H and O–H groups in total. The molecule has 0 aliphatic heterocycles. The van der Waals surface area contributed by atoms with Crippen LogP contribution in [0.3, 0.4) is 0 Å². The van der Waals surface area contributed by atoms with Crippen molar-refractivity contribution in [2.24, 2.45) is 0 Å². The van der Waals surface area contributed by atoms with Crippen molar-refractivity contribution in [2.45, 2.75) is 6.42 Å². The first-order chi connectivity index (χ1) is 10.2. The van der Waals surface area contributed by atoms with Gasteiger partial charge in [0.2, 0.25) is 5.91 Å². The van der Waals surface area contributed by atoms with Crippen LogP contribution in [0.2, 0.25) is 0 Å². The third-order valence-corrected chi connectivity index (χ3v) is 4.45. The van der Waals surface area contributed by atoms with Crippen molar-refractivity contribution >= 4 is 39.4 Å². The maximum Gasteiger partial charge on any atom is 0.229 e. The van der Waals surface area contributed by atoms with Crippen LogP contribution in [0.4, 0.5) is 10.8 Å². The Morgan fingerprint density at radius 2 is 2.00 bits per heavy atom. The van der Waals surface area contributed by atoms with E-state index < -0.39 is 0 Å². The molecule has 106 valence electrons. The summed E-state index contributed by atoms with van der Waals surface area (Å²) in [4.78, 5) is 17.2. The van der Waals surface area contributed by atoms with Gasteiger partial charge >= 0.3 is 0 Å². The van der Waals surface area contributed by atoms with E-state index in [0.29, 0.717) is 11.6 Å². The minimum atomic E-state index is -0.0110. The number of benzene rings is 1. The maximum atomic E-state index is 11.9. The lowest BCUT2D eigenvalue weighted by atomic mass is 10.1. The summed E-state index contributed by atoms with van der Waals surface area (Å²) in [6.07, 6.45) is 0.405. The van der Waals surface area contributed by atoms with Crippen molar-refractivity contribution < 1.29 is 4.79 Å². The van der Waals surface area contributed by atoms with Gasteiger partial charge in [0.15, 0.2) is 5.13 Å². The number of nitrogens with zero attached hydrogens (tertiary/aromatic N) is 1. The highest BCUT2D eigenvalue weighted by Crippen LogP contribution is 2.24. The molecule has 2 heterocycles. The summed E-state index contributed by atoms with van der Waals surface area (Å²) in [5, 5.41) is 7.33. The Hall–Kier alpha value is -2.18. The summed E-state index contributed by atoms with van der Waals surface area (Å²) in [7, 11) is 0. The molecule has 3 aromatic rings. The quantitative estimate of drug-likeness (QED) is 0.772. The van der Waals surface area contributed by atoms with Gasteiger partial charge in [-0.15, -0.1) is 22.7 Å². The van der Waals surface area contributed by atoms with Crippen LogP contribution >= 0.6 is 22.7 Å². The number of carbonyl (C=O) groups is 1. The van der Waals surface area contributed by atoms with Crippen LogP contribution in [0.1, 0.15) is 4.88 Å². The SMILES string of the molecule is Nc1nc(-c2ccc(NC(=O)Cc3cccs3)cc2)cs1. The minimum Gasteiger partial charge on any atom is -0.375 e. The van der Waals surface area contributed by atoms with E-state index in [2.05, 4.69) is 10.3 Å². The van der Waals surface area contributed by atoms with Gasteiger partial charge in [-0.2, -0.15) is 0 Å². The summed E-state index contributed by atoms with van der Waals surface area (Å²) in [5.74, 6) is -0.0110. The number of hydrogen-bond donors (Lipinski definition) is 2. The number of aromatic nitrogens is 1. The molecule has 0 aliphatic rings. The average Bonchev–Trinajstić information content (AvgIpc) is 3.11. The Labute approximate surface area is 130 Å². The van der Waals surface area contributed by atoms with Crippen molar-refractivity contribution in [2.75, 3.05) is 11.1 Å². The molecule has 2 aromatic heterocycles. The van der Waals surface area contributed by atoms with Gasteiger partial charge in [0.05, 0.1) is 12.1 Å². The molecule has 3 rings (SSSR count). The van der Waals surface area contributed by atoms with E-state index in [1.165, 1.54) is 11.3 Å². The molecule has 0 saturated heterocycles. The largest absolute Gasteiger partial charge is 0.375 e. The van der Waals surface area contributed by atoms with Crippen LogP contribution in [0.5, 0.6) is 0 Å². The Morgan fingerprint density at radius 1 is 1.19 bits per heavy atom. The van der Waals surface area contributed by atoms with E-state index in [9.17, 15) is 4.79 Å². The van der Waals surface area contributed by atoms with Crippen LogP contribution in [0.25, 0.3) is 11.3 Å². The number of nitrogens with one attached hydrogen (secondary N) is 1. The highest BCUT2D eigenvalue weighted by atomic mass is 32.1. The first kappa shape index (κ1) is 13.8. The number of anilines is 2. The van der Waals surface area contributed by atoms with Gasteiger partial charge in [-0.05, 0) is 23.6 Å². The highest BCUT2D eigenvalue weighted by molar-refractivity contribution is 7.13. The third kappa shape index (κ3) is 3.48. The average molecular weight is 315 g/mol. The molecule has 1 aromatic carbocycles. The molecule has 0 unspecified atom stereocenters. The molecule has 0 fully saturated rings. The number of rotatable bonds is 4. The van der Waals surface area contributed by atoms with Crippen LogP contribution in [-0.4, -0.2) is 10.9 Å². The number of hydrogen-bond acceptors (Lipinski definition) is 5. The van der Waals surface area contributed by atoms with Gasteiger partial charge in [-0.1, -0.05) is 18.2 Å². The molecular weight excluding hydrogens is 302 g/mol. The second-order valence-corrected chi connectivity index (χ2v) is 6.37. The molecule has 0 bridgehead atoms. The Morgan fingerprint density at radius 3 is 2.62 bits per heavy atom. The lowest BCUT2D eigenvalue weighted by Crippen LogP contribution is -2.13. The van der Waals surface area contributed by atoms with E-state index in [1.807, 2.05) is 47.2 Å². The van der Waals surface area contributed by atoms with Gasteiger partial charge in [-0.3, -0.25) is 4.79 Å². The highest BCUT2D eigenvalue weighted by Gasteiger charge is 2.06. The normalized spacial score (nSPS) is 10.5. The summed E-state index contributed by atoms with van der Waals surface area (Å²) in [6, 6.07) is 11.5. The fraction of sp³-hybridized carbons (Fsp3) is 0.0667. The minimum absolute atomic E-state index is 0.0110. The zero-order chi connectivity index (χ0) is 14.7. The molecule has 0 radical (unpaired) electrons. The summed E-state index contributed by atoms with van der Waals surface area (Å²) in [5.41, 5.74) is 8.25. The summed E-state index contributed by atoms with van der Waals surface area (Å²) < 4.78 is 0. The molecule has 6 heteroatoms. The Balaban J connectivity index is 1.65. The number of carbonyl (C=O) groups excluding carboxylic acids is 1. The van der Waals surface area contributed by atoms with E-state index in [0.717, 1.165) is 21.8 Å². The van der Waals surface area contributed by atoms with Crippen molar-refractivity contribution in [1.29, 1.82) is 0 Å².